The van der Waals surface area contributed by atoms with E-state index in [1.54, 1.807) is 0 Å². The number of benzene rings is 2. The number of nitrogens with two attached hydrogens (primary N) is 2. The number of primary amides is 1. The molecule has 2 heterocycles. The summed E-state index contributed by atoms with van der Waals surface area (Å²) in [5.74, 6) is 1.14. The van der Waals surface area contributed by atoms with Gasteiger partial charge in [0.05, 0.1) is 18.5 Å². The van der Waals surface area contributed by atoms with Crippen LogP contribution in [0.3, 0.4) is 0 Å². The van der Waals surface area contributed by atoms with E-state index in [0.717, 1.165) is 57.3 Å². The predicted octanol–water partition coefficient (Wildman–Crippen LogP) is 3.91. The Hall–Kier alpha value is -2.66. The van der Waals surface area contributed by atoms with Gasteiger partial charge in [-0.2, -0.15) is 0 Å². The molecule has 2 aliphatic heterocycles. The number of hydrogen-bond donors (Lipinski definition) is 2. The number of piperidine rings is 1. The van der Waals surface area contributed by atoms with Gasteiger partial charge in [0.15, 0.2) is 0 Å². The molecular formula is C32H42N3O2+. The second kappa shape index (κ2) is 10.2. The maximum atomic E-state index is 14.6. The molecule has 2 aromatic rings. The summed E-state index contributed by atoms with van der Waals surface area (Å²) < 4.78 is 0. The monoisotopic (exact) mass is 500 g/mol. The van der Waals surface area contributed by atoms with E-state index in [9.17, 15) is 9.59 Å². The summed E-state index contributed by atoms with van der Waals surface area (Å²) in [5, 5.41) is 2.35. The van der Waals surface area contributed by atoms with Gasteiger partial charge in [0.25, 0.3) is 0 Å². The highest BCUT2D eigenvalue weighted by molar-refractivity contribution is 5.95. The summed E-state index contributed by atoms with van der Waals surface area (Å²) in [6, 6.07) is 17.3. The molecule has 5 heteroatoms. The Labute approximate surface area is 221 Å². The van der Waals surface area contributed by atoms with Crippen LogP contribution in [0.15, 0.2) is 48.5 Å². The van der Waals surface area contributed by atoms with Gasteiger partial charge in [-0.05, 0) is 79.5 Å². The molecule has 2 amide bonds. The Morgan fingerprint density at radius 1 is 0.946 bits per heavy atom. The van der Waals surface area contributed by atoms with Crippen LogP contribution in [-0.2, 0) is 16.6 Å². The van der Waals surface area contributed by atoms with Gasteiger partial charge in [0.1, 0.15) is 5.92 Å². The van der Waals surface area contributed by atoms with Crippen molar-refractivity contribution in [1.29, 1.82) is 0 Å². The Balaban J connectivity index is 1.32. The second-order valence-electron chi connectivity index (χ2n) is 12.1. The third-order valence-electron chi connectivity index (χ3n) is 10.3. The molecule has 0 radical (unpaired) electrons. The van der Waals surface area contributed by atoms with E-state index in [1.807, 2.05) is 12.1 Å². The van der Waals surface area contributed by atoms with E-state index in [-0.39, 0.29) is 17.2 Å². The fourth-order valence-electron chi connectivity index (χ4n) is 8.52. The summed E-state index contributed by atoms with van der Waals surface area (Å²) in [5.41, 5.74) is 9.98. The van der Waals surface area contributed by atoms with Crippen LogP contribution in [0.4, 0.5) is 0 Å². The first-order chi connectivity index (χ1) is 18.1. The highest BCUT2D eigenvalue weighted by atomic mass is 16.2. The lowest BCUT2D eigenvalue weighted by atomic mass is 9.63. The van der Waals surface area contributed by atoms with Crippen LogP contribution in [0.25, 0.3) is 0 Å². The highest BCUT2D eigenvalue weighted by Crippen LogP contribution is 2.47. The minimum Gasteiger partial charge on any atom is -0.366 e. The van der Waals surface area contributed by atoms with Crippen molar-refractivity contribution in [1.82, 2.24) is 4.90 Å². The second-order valence-corrected chi connectivity index (χ2v) is 12.1. The van der Waals surface area contributed by atoms with Gasteiger partial charge < -0.3 is 16.0 Å². The molecule has 196 valence electrons. The molecule has 2 saturated heterocycles. The Bertz CT molecular complexity index is 1140. The molecule has 4 aliphatic rings. The zero-order valence-electron chi connectivity index (χ0n) is 22.0. The van der Waals surface area contributed by atoms with Gasteiger partial charge in [-0.1, -0.05) is 61.7 Å². The Kier molecular flexibility index (Phi) is 6.83. The van der Waals surface area contributed by atoms with Gasteiger partial charge >= 0.3 is 0 Å². The lowest BCUT2D eigenvalue weighted by Crippen LogP contribution is -2.82. The van der Waals surface area contributed by atoms with E-state index in [0.29, 0.717) is 29.3 Å². The predicted molar refractivity (Wildman–Crippen MR) is 145 cm³/mol. The van der Waals surface area contributed by atoms with Crippen molar-refractivity contribution < 1.29 is 14.9 Å². The number of amides is 2. The number of carbonyl (C=O) groups is 2. The topological polar surface area (TPSA) is 80.0 Å². The molecule has 2 aliphatic carbocycles. The van der Waals surface area contributed by atoms with E-state index in [1.165, 1.54) is 43.2 Å². The van der Waals surface area contributed by atoms with Crippen LogP contribution < -0.4 is 11.1 Å². The van der Waals surface area contributed by atoms with Crippen LogP contribution in [0, 0.1) is 11.8 Å². The maximum Gasteiger partial charge on any atom is 0.248 e. The molecule has 37 heavy (non-hydrogen) atoms. The fraction of sp³-hybridized carbons (Fsp3) is 0.562. The summed E-state index contributed by atoms with van der Waals surface area (Å²) in [4.78, 5) is 29.2. The Morgan fingerprint density at radius 3 is 2.54 bits per heavy atom. The van der Waals surface area contributed by atoms with Gasteiger partial charge in [-0.25, -0.2) is 0 Å². The van der Waals surface area contributed by atoms with E-state index in [2.05, 4.69) is 46.6 Å². The zero-order chi connectivity index (χ0) is 25.4. The zero-order valence-corrected chi connectivity index (χ0v) is 22.0. The first-order valence-electron chi connectivity index (χ1n) is 14.7. The third-order valence-corrected chi connectivity index (χ3v) is 10.3. The number of hydrogen-bond acceptors (Lipinski definition) is 2. The highest BCUT2D eigenvalue weighted by Gasteiger charge is 2.55. The first kappa shape index (κ1) is 24.7. The van der Waals surface area contributed by atoms with E-state index >= 15 is 0 Å². The molecule has 0 aromatic heterocycles. The number of likely N-dealkylation sites (tertiary alicyclic amines) is 1. The van der Waals surface area contributed by atoms with Crippen LogP contribution in [0.2, 0.25) is 0 Å². The SMILES string of the molecule is NC(=O)c1cccc2c1CCC[C@]21C[NH2+]C[C@H]1C(=O)N1CC[C@@H](c2ccccc2)C[C@H]1C1CCCCC1. The van der Waals surface area contributed by atoms with Crippen molar-refractivity contribution in [3.8, 4) is 0 Å². The lowest BCUT2D eigenvalue weighted by Gasteiger charge is -2.47. The molecule has 5 nitrogen and oxygen atoms in total. The molecule has 6 rings (SSSR count). The molecular weight excluding hydrogens is 458 g/mol. The minimum absolute atomic E-state index is 0.0333. The number of rotatable bonds is 4. The van der Waals surface area contributed by atoms with Crippen LogP contribution in [0.5, 0.6) is 0 Å². The van der Waals surface area contributed by atoms with Crippen molar-refractivity contribution >= 4 is 11.8 Å². The van der Waals surface area contributed by atoms with Gasteiger partial charge in [-0.15, -0.1) is 0 Å². The smallest absolute Gasteiger partial charge is 0.248 e. The lowest BCUT2D eigenvalue weighted by molar-refractivity contribution is -0.640. The Morgan fingerprint density at radius 2 is 1.76 bits per heavy atom. The van der Waals surface area contributed by atoms with E-state index in [4.69, 9.17) is 5.73 Å². The van der Waals surface area contributed by atoms with Crippen molar-refractivity contribution in [3.63, 3.8) is 0 Å². The molecule has 1 spiro atoms. The van der Waals surface area contributed by atoms with Gasteiger partial charge in [-0.3, -0.25) is 9.59 Å². The van der Waals surface area contributed by atoms with Gasteiger partial charge in [0, 0.05) is 18.2 Å². The average Bonchev–Trinajstić information content (AvgIpc) is 3.37. The van der Waals surface area contributed by atoms with Crippen molar-refractivity contribution in [2.24, 2.45) is 17.6 Å². The summed E-state index contributed by atoms with van der Waals surface area (Å²) in [6.45, 7) is 2.63. The van der Waals surface area contributed by atoms with E-state index < -0.39 is 0 Å². The summed E-state index contributed by atoms with van der Waals surface area (Å²) in [7, 11) is 0. The van der Waals surface area contributed by atoms with Crippen molar-refractivity contribution in [2.45, 2.75) is 81.6 Å². The molecule has 1 saturated carbocycles. The largest absolute Gasteiger partial charge is 0.366 e. The quantitative estimate of drug-likeness (QED) is 0.668. The number of nitrogens with zero attached hydrogens (tertiary/aromatic N) is 1. The normalized spacial score (nSPS) is 30.3. The van der Waals surface area contributed by atoms with Crippen LogP contribution >= 0.6 is 0 Å². The molecule has 3 fully saturated rings. The molecule has 2 aromatic carbocycles. The molecule has 4 atom stereocenters. The minimum atomic E-state index is -0.348. The molecule has 0 unspecified atom stereocenters. The number of carbonyl (C=O) groups excluding carboxylic acids is 2. The summed E-state index contributed by atoms with van der Waals surface area (Å²) >= 11 is 0. The number of quaternary nitrogens is 1. The fourth-order valence-corrected chi connectivity index (χ4v) is 8.52. The van der Waals surface area contributed by atoms with Crippen LogP contribution in [0.1, 0.15) is 90.8 Å². The maximum absolute atomic E-state index is 14.6. The third kappa shape index (κ3) is 4.39. The van der Waals surface area contributed by atoms with Crippen molar-refractivity contribution in [2.75, 3.05) is 19.6 Å². The van der Waals surface area contributed by atoms with Gasteiger partial charge in [0.2, 0.25) is 11.8 Å². The molecule has 4 N–H and O–H groups in total. The number of fused-ring (bicyclic) bond motifs is 2. The van der Waals surface area contributed by atoms with Crippen LogP contribution in [-0.4, -0.2) is 42.4 Å². The first-order valence-corrected chi connectivity index (χ1v) is 14.7. The average molecular weight is 501 g/mol. The summed E-state index contributed by atoms with van der Waals surface area (Å²) in [6.07, 6.45) is 11.5. The standard InChI is InChI=1S/C32H41N3O2/c33-30(36)26-13-7-15-27-25(26)14-8-17-32(27)21-34-20-28(32)31(37)35-18-16-24(22-9-3-1-4-10-22)19-29(35)23-11-5-2-6-12-23/h1,3-4,7,9-10,13,15,23-24,28-29,34H,2,5-6,8,11-12,14,16-21H2,(H2,33,36)/p+1/t24-,28+,29+,32+/m1/s1. The van der Waals surface area contributed by atoms with Crippen molar-refractivity contribution in [3.05, 3.63) is 70.8 Å². The molecule has 0 bridgehead atoms.